The Kier molecular flexibility index (Phi) is 6.12. The van der Waals surface area contributed by atoms with Crippen molar-refractivity contribution >= 4 is 8.32 Å². The molecule has 29 heavy (non-hydrogen) atoms. The van der Waals surface area contributed by atoms with E-state index < -0.39 is 13.9 Å². The van der Waals surface area contributed by atoms with Crippen LogP contribution in [-0.4, -0.2) is 30.7 Å². The van der Waals surface area contributed by atoms with Gasteiger partial charge in [-0.1, -0.05) is 52.0 Å². The van der Waals surface area contributed by atoms with Crippen molar-refractivity contribution in [1.82, 2.24) is 0 Å². The number of aliphatic hydroxyl groups is 2. The second-order valence-electron chi connectivity index (χ2n) is 11.1. The largest absolute Gasteiger partial charge is 0.544 e. The van der Waals surface area contributed by atoms with Crippen LogP contribution in [0.1, 0.15) is 71.3 Å². The molecule has 0 heterocycles. The molecule has 2 fully saturated rings. The van der Waals surface area contributed by atoms with Crippen LogP contribution in [0.25, 0.3) is 0 Å². The fourth-order valence-electron chi connectivity index (χ4n) is 5.15. The van der Waals surface area contributed by atoms with E-state index in [4.69, 9.17) is 9.53 Å². The molecule has 0 spiro atoms. The minimum Gasteiger partial charge on any atom is -0.544 e. The fourth-order valence-corrected chi connectivity index (χ4v) is 6.19. The second kappa shape index (κ2) is 7.86. The maximum Gasteiger partial charge on any atom is 0.250 e. The zero-order valence-electron chi connectivity index (χ0n) is 19.2. The molecule has 1 aromatic rings. The summed E-state index contributed by atoms with van der Waals surface area (Å²) in [6, 6.07) is 8.65. The lowest BCUT2D eigenvalue weighted by molar-refractivity contribution is -0.0985. The van der Waals surface area contributed by atoms with Gasteiger partial charge in [0.2, 0.25) is 8.32 Å². The third-order valence-corrected chi connectivity index (χ3v) is 12.7. The van der Waals surface area contributed by atoms with Crippen molar-refractivity contribution in [3.05, 3.63) is 42.0 Å². The predicted molar refractivity (Wildman–Crippen MR) is 123 cm³/mol. The van der Waals surface area contributed by atoms with Gasteiger partial charge in [-0.25, -0.2) is 0 Å². The summed E-state index contributed by atoms with van der Waals surface area (Å²) in [5, 5.41) is 20.9. The van der Waals surface area contributed by atoms with E-state index >= 15 is 0 Å². The monoisotopic (exact) mass is 416 g/mol. The van der Waals surface area contributed by atoms with Gasteiger partial charge in [0.15, 0.2) is 0 Å². The first-order valence-electron chi connectivity index (χ1n) is 11.2. The zero-order chi connectivity index (χ0) is 21.5. The quantitative estimate of drug-likeness (QED) is 0.455. The standard InChI is InChI=1S/C25H40O3Si/c1-23(2,3)29(5,6)28-22-11-9-19(10-12-22)20-13-15-24(4)21(8-7-17-26)14-16-25(24,27)18-20/h7-12,20-21,26-27H,13-18H2,1-6H3/t20-,21-,24+,25-/m0/s1. The lowest BCUT2D eigenvalue weighted by atomic mass is 9.59. The smallest absolute Gasteiger partial charge is 0.250 e. The Labute approximate surface area is 178 Å². The number of benzene rings is 1. The Hall–Kier alpha value is -1.10. The summed E-state index contributed by atoms with van der Waals surface area (Å²) >= 11 is 0. The fraction of sp³-hybridized carbons (Fsp3) is 0.680. The Balaban J connectivity index is 1.72. The van der Waals surface area contributed by atoms with E-state index in [0.29, 0.717) is 11.8 Å². The van der Waals surface area contributed by atoms with Crippen molar-refractivity contribution in [1.29, 1.82) is 0 Å². The molecule has 0 aromatic heterocycles. The summed E-state index contributed by atoms with van der Waals surface area (Å²) in [5.41, 5.74) is 0.620. The molecule has 2 aliphatic rings. The van der Waals surface area contributed by atoms with Gasteiger partial charge >= 0.3 is 0 Å². The summed E-state index contributed by atoms with van der Waals surface area (Å²) in [5.74, 6) is 1.73. The zero-order valence-corrected chi connectivity index (χ0v) is 20.2. The van der Waals surface area contributed by atoms with E-state index in [9.17, 15) is 5.11 Å². The van der Waals surface area contributed by atoms with Crippen LogP contribution in [0.4, 0.5) is 0 Å². The minimum absolute atomic E-state index is 0.0803. The van der Waals surface area contributed by atoms with E-state index in [-0.39, 0.29) is 17.1 Å². The average molecular weight is 417 g/mol. The Bertz CT molecular complexity index is 733. The first-order valence-corrected chi connectivity index (χ1v) is 14.1. The molecule has 0 aliphatic heterocycles. The van der Waals surface area contributed by atoms with Gasteiger partial charge in [0, 0.05) is 5.41 Å². The highest BCUT2D eigenvalue weighted by Crippen LogP contribution is 2.61. The molecule has 4 heteroatoms. The number of allylic oxidation sites excluding steroid dienone is 1. The molecule has 3 rings (SSSR count). The SMILES string of the molecule is CC(C)(C)[Si](C)(C)Oc1ccc([C@H]2CC[C@]3(C)[C@@H](C=CCO)CC[C@]3(O)C2)cc1. The topological polar surface area (TPSA) is 49.7 Å². The van der Waals surface area contributed by atoms with Gasteiger partial charge in [0.1, 0.15) is 5.75 Å². The molecule has 2 saturated carbocycles. The molecule has 0 unspecified atom stereocenters. The van der Waals surface area contributed by atoms with E-state index in [1.165, 1.54) is 5.56 Å². The van der Waals surface area contributed by atoms with Crippen molar-refractivity contribution in [2.75, 3.05) is 6.61 Å². The van der Waals surface area contributed by atoms with Crippen LogP contribution in [0, 0.1) is 11.3 Å². The summed E-state index contributed by atoms with van der Waals surface area (Å²) in [7, 11) is -1.83. The van der Waals surface area contributed by atoms with E-state index in [2.05, 4.69) is 71.1 Å². The molecule has 3 nitrogen and oxygen atoms in total. The van der Waals surface area contributed by atoms with Gasteiger partial charge in [0.25, 0.3) is 0 Å². The maximum absolute atomic E-state index is 11.6. The summed E-state index contributed by atoms with van der Waals surface area (Å²) in [4.78, 5) is 0. The summed E-state index contributed by atoms with van der Waals surface area (Å²) in [6.45, 7) is 13.7. The van der Waals surface area contributed by atoms with Gasteiger partial charge in [-0.15, -0.1) is 0 Å². The third-order valence-electron chi connectivity index (χ3n) is 8.35. The molecule has 2 N–H and O–H groups in total. The highest BCUT2D eigenvalue weighted by Gasteiger charge is 2.58. The third kappa shape index (κ3) is 4.21. The van der Waals surface area contributed by atoms with Gasteiger partial charge in [-0.2, -0.15) is 0 Å². The molecule has 0 radical (unpaired) electrons. The molecule has 162 valence electrons. The molecule has 0 saturated heterocycles. The van der Waals surface area contributed by atoms with E-state index in [1.54, 1.807) is 0 Å². The van der Waals surface area contributed by atoms with Crippen molar-refractivity contribution in [2.45, 2.75) is 89.5 Å². The molecular formula is C25H40O3Si. The van der Waals surface area contributed by atoms with Gasteiger partial charge in [-0.05, 0) is 79.8 Å². The van der Waals surface area contributed by atoms with Gasteiger partial charge in [0.05, 0.1) is 12.2 Å². The van der Waals surface area contributed by atoms with Crippen LogP contribution < -0.4 is 4.43 Å². The lowest BCUT2D eigenvalue weighted by Gasteiger charge is -2.49. The van der Waals surface area contributed by atoms with Crippen LogP contribution in [0.15, 0.2) is 36.4 Å². The highest BCUT2D eigenvalue weighted by molar-refractivity contribution is 6.74. The van der Waals surface area contributed by atoms with Gasteiger partial charge < -0.3 is 14.6 Å². The summed E-state index contributed by atoms with van der Waals surface area (Å²) < 4.78 is 6.43. The number of fused-ring (bicyclic) bond motifs is 1. The number of aliphatic hydroxyl groups excluding tert-OH is 1. The Morgan fingerprint density at radius 2 is 1.79 bits per heavy atom. The van der Waals surface area contributed by atoms with E-state index in [0.717, 1.165) is 37.9 Å². The predicted octanol–water partition coefficient (Wildman–Crippen LogP) is 6.03. The molecule has 0 amide bonds. The lowest BCUT2D eigenvalue weighted by Crippen LogP contribution is -2.49. The normalized spacial score (nSPS) is 33.1. The highest BCUT2D eigenvalue weighted by atomic mass is 28.4. The van der Waals surface area contributed by atoms with Gasteiger partial charge in [-0.3, -0.25) is 0 Å². The van der Waals surface area contributed by atoms with Crippen molar-refractivity contribution in [3.8, 4) is 5.75 Å². The van der Waals surface area contributed by atoms with E-state index in [1.807, 2.05) is 6.08 Å². The Morgan fingerprint density at radius 3 is 2.38 bits per heavy atom. The average Bonchev–Trinajstić information content (AvgIpc) is 2.89. The van der Waals surface area contributed by atoms with Crippen molar-refractivity contribution in [2.24, 2.45) is 11.3 Å². The summed E-state index contributed by atoms with van der Waals surface area (Å²) in [6.07, 6.45) is 8.79. The van der Waals surface area contributed by atoms with Crippen LogP contribution in [0.2, 0.25) is 18.1 Å². The van der Waals surface area contributed by atoms with Crippen LogP contribution in [0.3, 0.4) is 0 Å². The van der Waals surface area contributed by atoms with Crippen molar-refractivity contribution < 1.29 is 14.6 Å². The van der Waals surface area contributed by atoms with Crippen LogP contribution in [0.5, 0.6) is 5.75 Å². The molecule has 4 atom stereocenters. The molecular weight excluding hydrogens is 376 g/mol. The second-order valence-corrected chi connectivity index (χ2v) is 15.8. The van der Waals surface area contributed by atoms with Crippen LogP contribution >= 0.6 is 0 Å². The molecule has 1 aromatic carbocycles. The molecule has 0 bridgehead atoms. The molecule has 2 aliphatic carbocycles. The first kappa shape index (κ1) is 22.6. The van der Waals surface area contributed by atoms with Crippen molar-refractivity contribution in [3.63, 3.8) is 0 Å². The number of hydrogen-bond acceptors (Lipinski definition) is 3. The first-order chi connectivity index (χ1) is 13.4. The number of rotatable bonds is 5. The Morgan fingerprint density at radius 1 is 1.14 bits per heavy atom. The van der Waals surface area contributed by atoms with Crippen LogP contribution in [-0.2, 0) is 0 Å². The number of hydrogen-bond donors (Lipinski definition) is 2. The minimum atomic E-state index is -1.83. The maximum atomic E-state index is 11.6.